The third-order valence-electron chi connectivity index (χ3n) is 15.5. The van der Waals surface area contributed by atoms with Crippen LogP contribution in [0.5, 0.6) is 0 Å². The Kier molecular flexibility index (Phi) is 21.4. The molecule has 78 heavy (non-hydrogen) atoms. The molecule has 0 amide bonds. The summed E-state index contributed by atoms with van der Waals surface area (Å²) in [7, 11) is 0.628. The number of hydrogen-bond donors (Lipinski definition) is 2. The number of carboxylic acids is 2. The Labute approximate surface area is 492 Å². The summed E-state index contributed by atoms with van der Waals surface area (Å²) in [5, 5.41) is 19.9. The number of hydrogen-bond acceptors (Lipinski definition) is 4. The first-order chi connectivity index (χ1) is 38.0. The number of anilines is 6. The van der Waals surface area contributed by atoms with Crippen LogP contribution in [0.25, 0.3) is 33.4 Å². The monoisotopic (exact) mass is 1300 g/mol. The van der Waals surface area contributed by atoms with Gasteiger partial charge in [-0.15, -0.1) is 0 Å². The number of halogens is 2. The van der Waals surface area contributed by atoms with E-state index < -0.39 is 11.9 Å². The summed E-state index contributed by atoms with van der Waals surface area (Å²) in [5.74, 6) is -1.94. The van der Waals surface area contributed by atoms with E-state index >= 15 is 0 Å². The van der Waals surface area contributed by atoms with Crippen molar-refractivity contribution >= 4 is 86.0 Å². The van der Waals surface area contributed by atoms with Crippen LogP contribution in [0.1, 0.15) is 147 Å². The Morgan fingerprint density at radius 3 is 1.18 bits per heavy atom. The molecule has 0 unspecified atom stereocenters. The molecule has 0 bridgehead atoms. The molecular formula is C69H72I2N2O4V. The van der Waals surface area contributed by atoms with Crippen LogP contribution in [0.3, 0.4) is 0 Å². The van der Waals surface area contributed by atoms with Gasteiger partial charge in [0.2, 0.25) is 0 Å². The van der Waals surface area contributed by atoms with E-state index in [1.165, 1.54) is 123 Å². The molecule has 0 saturated carbocycles. The van der Waals surface area contributed by atoms with Gasteiger partial charge >= 0.3 is 61.4 Å². The average Bonchev–Trinajstić information content (AvgIpc) is 4.00. The Morgan fingerprint density at radius 2 is 0.756 bits per heavy atom. The quantitative estimate of drug-likeness (QED) is 0.0463. The summed E-state index contributed by atoms with van der Waals surface area (Å²) < 4.78 is 0. The van der Waals surface area contributed by atoms with Gasteiger partial charge in [0.05, 0.1) is 11.1 Å². The van der Waals surface area contributed by atoms with Gasteiger partial charge in [-0.2, -0.15) is 0 Å². The molecule has 0 atom stereocenters. The van der Waals surface area contributed by atoms with Gasteiger partial charge in [0, 0.05) is 39.5 Å². The molecule has 0 fully saturated rings. The van der Waals surface area contributed by atoms with Crippen molar-refractivity contribution in [2.75, 3.05) is 9.80 Å². The van der Waals surface area contributed by atoms with Crippen LogP contribution in [0.15, 0.2) is 182 Å². The average molecular weight is 1300 g/mol. The number of rotatable bonds is 24. The fourth-order valence-corrected chi connectivity index (χ4v) is 11.4. The van der Waals surface area contributed by atoms with E-state index in [1.54, 1.807) is 36.4 Å². The number of aromatic carboxylic acids is 2. The zero-order valence-electron chi connectivity index (χ0n) is 45.5. The molecule has 1 aliphatic rings. The number of unbranched alkanes of at least 4 members (excludes halogenated alkanes) is 10. The zero-order chi connectivity index (χ0) is 55.0. The minimum atomic E-state index is -0.973. The first kappa shape index (κ1) is 58.5. The number of carboxylic acid groups (broad SMARTS) is 2. The van der Waals surface area contributed by atoms with Crippen LogP contribution in [0, 0.1) is 13.8 Å². The fourth-order valence-electron chi connectivity index (χ4n) is 11.4. The number of benzene rings is 8. The maximum absolute atomic E-state index is 12.3. The van der Waals surface area contributed by atoms with Gasteiger partial charge < -0.3 is 20.0 Å². The topological polar surface area (TPSA) is 81.1 Å². The summed E-state index contributed by atoms with van der Waals surface area (Å²) >= 11 is 4.74. The Hall–Kier alpha value is -5.66. The van der Waals surface area contributed by atoms with Crippen molar-refractivity contribution in [3.05, 3.63) is 215 Å². The van der Waals surface area contributed by atoms with Crippen LogP contribution in [-0.4, -0.2) is 22.2 Å². The first-order valence-electron chi connectivity index (χ1n) is 27.8. The van der Waals surface area contributed by atoms with Gasteiger partial charge in [0.1, 0.15) is 0 Å². The van der Waals surface area contributed by atoms with E-state index in [0.717, 1.165) is 56.4 Å². The molecule has 0 aliphatic heterocycles. The molecule has 2 N–H and O–H groups in total. The second-order valence-electron chi connectivity index (χ2n) is 20.8. The van der Waals surface area contributed by atoms with Crippen molar-refractivity contribution in [1.29, 1.82) is 0 Å². The number of carbonyl (C=O) groups is 2. The van der Waals surface area contributed by atoms with Crippen molar-refractivity contribution < 1.29 is 29.3 Å². The van der Waals surface area contributed by atoms with E-state index in [4.69, 9.17) is 0 Å². The molecule has 401 valence electrons. The van der Waals surface area contributed by atoms with Crippen molar-refractivity contribution in [2.45, 2.75) is 123 Å². The minimum absolute atomic E-state index is 0.0138. The van der Waals surface area contributed by atoms with E-state index in [1.807, 2.05) is 31.2 Å². The second kappa shape index (κ2) is 28.5. The molecule has 1 aliphatic carbocycles. The van der Waals surface area contributed by atoms with Crippen LogP contribution in [-0.2, 0) is 14.9 Å². The predicted octanol–water partition coefficient (Wildman–Crippen LogP) is 21.5. The SMILES string of the molecule is CCCCCCCCC1(CCCCCCCC)c2cc(C)ccc2-c2ccc(-c3ccc(N(c4ccc(-c5ccc(N(c6ccc(C)cc6)c6cccc(C(=O)O)c6)cc5)cc4)c4cccc(C(=O)O)c4)cc3)cc21.[I][V][I]. The van der Waals surface area contributed by atoms with Crippen molar-refractivity contribution in [2.24, 2.45) is 0 Å². The molecule has 9 heteroatoms. The Balaban J connectivity index is 0.00000262. The van der Waals surface area contributed by atoms with Gasteiger partial charge in [0.15, 0.2) is 0 Å². The van der Waals surface area contributed by atoms with Crippen molar-refractivity contribution in [3.63, 3.8) is 0 Å². The summed E-state index contributed by atoms with van der Waals surface area (Å²) in [6.07, 6.45) is 17.8. The van der Waals surface area contributed by atoms with Crippen LogP contribution >= 0.6 is 40.0 Å². The summed E-state index contributed by atoms with van der Waals surface area (Å²) in [5.41, 5.74) is 18.3. The van der Waals surface area contributed by atoms with Gasteiger partial charge in [-0.25, -0.2) is 9.59 Å². The standard InChI is InChI=1S/C69H72N2O4.2HI.V/c1-5-7-9-11-13-15-43-69(44-16-14-12-10-8-6-2)65-45-50(4)25-41-63(65)64-42-32-54(48-66(64)69)53-30-39-60(40-31-53)71(62-22-18-20-56(47-62)68(74)75)59-37-28-52(29-38-59)51-26-35-58(36-27-51)70(57-33-23-49(3)24-34-57)61-21-17-19-55(46-61)67(72)73;;;/h17-42,45-48H,5-16,43-44H2,1-4H3,(H,72,73)(H,74,75);2*1H;/q;;;+2/p-2. The van der Waals surface area contributed by atoms with Crippen LogP contribution < -0.4 is 9.80 Å². The molecule has 6 nitrogen and oxygen atoms in total. The fraction of sp³-hybridized carbons (Fsp3) is 0.275. The molecule has 0 saturated heterocycles. The number of nitrogens with zero attached hydrogens (tertiary/aromatic N) is 2. The third-order valence-corrected chi connectivity index (χ3v) is 15.5. The normalized spacial score (nSPS) is 12.0. The van der Waals surface area contributed by atoms with E-state index in [-0.39, 0.29) is 16.5 Å². The van der Waals surface area contributed by atoms with E-state index in [0.29, 0.717) is 9.47 Å². The zero-order valence-corrected chi connectivity index (χ0v) is 51.2. The van der Waals surface area contributed by atoms with Crippen molar-refractivity contribution in [1.82, 2.24) is 0 Å². The van der Waals surface area contributed by atoms with E-state index in [9.17, 15) is 19.8 Å². The molecular weight excluding hydrogens is 1230 g/mol. The third kappa shape index (κ3) is 14.2. The number of fused-ring (bicyclic) bond motifs is 3. The molecule has 0 radical (unpaired) electrons. The van der Waals surface area contributed by atoms with Crippen molar-refractivity contribution in [3.8, 4) is 33.4 Å². The van der Waals surface area contributed by atoms with Crippen LogP contribution in [0.2, 0.25) is 0 Å². The number of aryl methyl sites for hydroxylation is 2. The van der Waals surface area contributed by atoms with Gasteiger partial charge in [0.25, 0.3) is 0 Å². The second-order valence-corrected chi connectivity index (χ2v) is 32.6. The molecule has 0 spiro atoms. The maximum atomic E-state index is 12.3. The molecule has 0 aromatic heterocycles. The Morgan fingerprint density at radius 1 is 0.410 bits per heavy atom. The summed E-state index contributed by atoms with van der Waals surface area (Å²) in [6.45, 7) is 8.89. The molecule has 9 rings (SSSR count). The molecule has 8 aromatic carbocycles. The summed E-state index contributed by atoms with van der Waals surface area (Å²) in [6, 6.07) is 62.2. The van der Waals surface area contributed by atoms with Crippen LogP contribution in [0.4, 0.5) is 34.1 Å². The van der Waals surface area contributed by atoms with Gasteiger partial charge in [-0.3, -0.25) is 0 Å². The Bertz CT molecular complexity index is 3230. The summed E-state index contributed by atoms with van der Waals surface area (Å²) in [4.78, 5) is 28.5. The van der Waals surface area contributed by atoms with Gasteiger partial charge in [-0.05, 0) is 162 Å². The van der Waals surface area contributed by atoms with E-state index in [2.05, 4.69) is 192 Å². The molecule has 0 heterocycles. The molecule has 8 aromatic rings. The first-order valence-corrected chi connectivity index (χ1v) is 36.8. The van der Waals surface area contributed by atoms with Gasteiger partial charge in [-0.1, -0.05) is 193 Å². The predicted molar refractivity (Wildman–Crippen MR) is 340 cm³/mol.